The molecule has 0 bridgehead atoms. The van der Waals surface area contributed by atoms with Crippen LogP contribution in [0, 0.1) is 24.2 Å². The van der Waals surface area contributed by atoms with Gasteiger partial charge in [-0.3, -0.25) is 0 Å². The molecular formula is C16H23N3. The second-order valence-electron chi connectivity index (χ2n) is 5.63. The Balaban J connectivity index is 1.78. The summed E-state index contributed by atoms with van der Waals surface area (Å²) in [5, 5.41) is 12.4. The fourth-order valence-electron chi connectivity index (χ4n) is 2.64. The van der Waals surface area contributed by atoms with Gasteiger partial charge in [-0.15, -0.1) is 0 Å². The molecule has 0 unspecified atom stereocenters. The molecule has 1 N–H and O–H groups in total. The quantitative estimate of drug-likeness (QED) is 0.899. The summed E-state index contributed by atoms with van der Waals surface area (Å²) in [5.74, 6) is 0.815. The molecule has 0 aliphatic carbocycles. The molecule has 0 radical (unpaired) electrons. The third-order valence-corrected chi connectivity index (χ3v) is 4.06. The molecule has 1 aliphatic heterocycles. The van der Waals surface area contributed by atoms with Gasteiger partial charge in [0.25, 0.3) is 0 Å². The zero-order chi connectivity index (χ0) is 13.7. The van der Waals surface area contributed by atoms with E-state index < -0.39 is 0 Å². The lowest BCUT2D eigenvalue weighted by molar-refractivity contribution is 0.216. The summed E-state index contributed by atoms with van der Waals surface area (Å²) >= 11 is 0. The number of hydrogen-bond acceptors (Lipinski definition) is 3. The van der Waals surface area contributed by atoms with Crippen molar-refractivity contribution < 1.29 is 0 Å². The van der Waals surface area contributed by atoms with Crippen molar-refractivity contribution in [2.24, 2.45) is 5.92 Å². The van der Waals surface area contributed by atoms with Crippen LogP contribution < -0.4 is 5.32 Å². The molecule has 1 saturated heterocycles. The van der Waals surface area contributed by atoms with Crippen LogP contribution in [0.3, 0.4) is 0 Å². The predicted molar refractivity (Wildman–Crippen MR) is 77.8 cm³/mol. The zero-order valence-corrected chi connectivity index (χ0v) is 11.9. The molecule has 1 heterocycles. The number of likely N-dealkylation sites (tertiary alicyclic amines) is 1. The standard InChI is InChI=1S/C16H23N3/c1-13-9-15(10-17)3-4-16(13)12-18-11-14-5-7-19(2)8-6-14/h3-4,9,14,18H,5-8,11-12H2,1-2H3. The van der Waals surface area contributed by atoms with Gasteiger partial charge in [0.2, 0.25) is 0 Å². The van der Waals surface area contributed by atoms with Gasteiger partial charge >= 0.3 is 0 Å². The van der Waals surface area contributed by atoms with Crippen LogP contribution in [0.1, 0.15) is 29.5 Å². The first-order valence-corrected chi connectivity index (χ1v) is 7.08. The van der Waals surface area contributed by atoms with E-state index in [1.165, 1.54) is 37.1 Å². The van der Waals surface area contributed by atoms with Crippen molar-refractivity contribution in [3.63, 3.8) is 0 Å². The largest absolute Gasteiger partial charge is 0.312 e. The molecule has 1 aliphatic rings. The van der Waals surface area contributed by atoms with Crippen LogP contribution in [-0.2, 0) is 6.54 Å². The van der Waals surface area contributed by atoms with Crippen molar-refractivity contribution in [1.82, 2.24) is 10.2 Å². The number of benzene rings is 1. The van der Waals surface area contributed by atoms with Gasteiger partial charge in [0.05, 0.1) is 11.6 Å². The molecule has 1 fully saturated rings. The van der Waals surface area contributed by atoms with Gasteiger partial charge < -0.3 is 10.2 Å². The van der Waals surface area contributed by atoms with Crippen LogP contribution in [0.25, 0.3) is 0 Å². The summed E-state index contributed by atoms with van der Waals surface area (Å²) < 4.78 is 0. The van der Waals surface area contributed by atoms with Crippen LogP contribution in [0.15, 0.2) is 18.2 Å². The van der Waals surface area contributed by atoms with Crippen LogP contribution in [0.2, 0.25) is 0 Å². The maximum Gasteiger partial charge on any atom is 0.0991 e. The second-order valence-corrected chi connectivity index (χ2v) is 5.63. The topological polar surface area (TPSA) is 39.1 Å². The predicted octanol–water partition coefficient (Wildman–Crippen LogP) is 2.30. The molecule has 0 saturated carbocycles. The maximum absolute atomic E-state index is 8.85. The Morgan fingerprint density at radius 3 is 2.74 bits per heavy atom. The Bertz CT molecular complexity index is 454. The minimum absolute atomic E-state index is 0.747. The first kappa shape index (κ1) is 14.0. The van der Waals surface area contributed by atoms with Crippen molar-refractivity contribution in [2.45, 2.75) is 26.3 Å². The average molecular weight is 257 g/mol. The lowest BCUT2D eigenvalue weighted by Gasteiger charge is -2.29. The number of aryl methyl sites for hydroxylation is 1. The summed E-state index contributed by atoms with van der Waals surface area (Å²) in [7, 11) is 2.20. The minimum Gasteiger partial charge on any atom is -0.312 e. The van der Waals surface area contributed by atoms with E-state index in [-0.39, 0.29) is 0 Å². The lowest BCUT2D eigenvalue weighted by Crippen LogP contribution is -2.34. The van der Waals surface area contributed by atoms with E-state index in [9.17, 15) is 0 Å². The Morgan fingerprint density at radius 2 is 2.11 bits per heavy atom. The third kappa shape index (κ3) is 4.05. The average Bonchev–Trinajstić information content (AvgIpc) is 2.42. The van der Waals surface area contributed by atoms with Gasteiger partial charge in [0, 0.05) is 6.54 Å². The molecule has 1 aromatic carbocycles. The van der Waals surface area contributed by atoms with Gasteiger partial charge in [-0.05, 0) is 75.6 Å². The maximum atomic E-state index is 8.85. The van der Waals surface area contributed by atoms with E-state index in [1.54, 1.807) is 0 Å². The molecule has 1 aromatic rings. The molecule has 0 aromatic heterocycles. The Morgan fingerprint density at radius 1 is 1.37 bits per heavy atom. The number of hydrogen-bond donors (Lipinski definition) is 1. The summed E-state index contributed by atoms with van der Waals surface area (Å²) in [5.41, 5.74) is 3.25. The SMILES string of the molecule is Cc1cc(C#N)ccc1CNCC1CCN(C)CC1. The van der Waals surface area contributed by atoms with Gasteiger partial charge in [-0.1, -0.05) is 6.07 Å². The second kappa shape index (κ2) is 6.70. The van der Waals surface area contributed by atoms with E-state index in [0.717, 1.165) is 24.6 Å². The number of nitriles is 1. The van der Waals surface area contributed by atoms with Crippen LogP contribution in [0.4, 0.5) is 0 Å². The van der Waals surface area contributed by atoms with Crippen LogP contribution in [-0.4, -0.2) is 31.6 Å². The van der Waals surface area contributed by atoms with Gasteiger partial charge in [-0.2, -0.15) is 5.26 Å². The smallest absolute Gasteiger partial charge is 0.0991 e. The van der Waals surface area contributed by atoms with Crippen molar-refractivity contribution in [3.05, 3.63) is 34.9 Å². The molecule has 0 atom stereocenters. The number of nitrogens with one attached hydrogen (secondary N) is 1. The molecule has 102 valence electrons. The molecule has 2 rings (SSSR count). The third-order valence-electron chi connectivity index (χ3n) is 4.06. The van der Waals surface area contributed by atoms with E-state index in [0.29, 0.717) is 0 Å². The van der Waals surface area contributed by atoms with Crippen LogP contribution in [0.5, 0.6) is 0 Å². The molecule has 3 nitrogen and oxygen atoms in total. The zero-order valence-electron chi connectivity index (χ0n) is 11.9. The van der Waals surface area contributed by atoms with Crippen molar-refractivity contribution in [1.29, 1.82) is 5.26 Å². The summed E-state index contributed by atoms with van der Waals surface area (Å²) in [6, 6.07) is 8.11. The lowest BCUT2D eigenvalue weighted by atomic mass is 9.97. The summed E-state index contributed by atoms with van der Waals surface area (Å²) in [6.07, 6.45) is 2.60. The van der Waals surface area contributed by atoms with E-state index in [2.05, 4.69) is 36.3 Å². The first-order chi connectivity index (χ1) is 9.19. The summed E-state index contributed by atoms with van der Waals surface area (Å²) in [6.45, 7) is 6.54. The van der Waals surface area contributed by atoms with Gasteiger partial charge in [0.1, 0.15) is 0 Å². The van der Waals surface area contributed by atoms with Crippen LogP contribution >= 0.6 is 0 Å². The van der Waals surface area contributed by atoms with E-state index in [4.69, 9.17) is 5.26 Å². The highest BCUT2D eigenvalue weighted by molar-refractivity contribution is 5.37. The van der Waals surface area contributed by atoms with Crippen molar-refractivity contribution in [3.8, 4) is 6.07 Å². The number of piperidine rings is 1. The van der Waals surface area contributed by atoms with E-state index in [1.807, 2.05) is 12.1 Å². The highest BCUT2D eigenvalue weighted by atomic mass is 15.1. The molecule has 3 heteroatoms. The monoisotopic (exact) mass is 257 g/mol. The normalized spacial score (nSPS) is 17.3. The first-order valence-electron chi connectivity index (χ1n) is 7.08. The van der Waals surface area contributed by atoms with Crippen molar-refractivity contribution in [2.75, 3.05) is 26.7 Å². The van der Waals surface area contributed by atoms with Gasteiger partial charge in [0.15, 0.2) is 0 Å². The van der Waals surface area contributed by atoms with Crippen molar-refractivity contribution >= 4 is 0 Å². The molecule has 0 spiro atoms. The van der Waals surface area contributed by atoms with Gasteiger partial charge in [-0.25, -0.2) is 0 Å². The number of nitrogens with zero attached hydrogens (tertiary/aromatic N) is 2. The minimum atomic E-state index is 0.747. The number of rotatable bonds is 4. The Hall–Kier alpha value is -1.37. The molecule has 0 amide bonds. The van der Waals surface area contributed by atoms with E-state index >= 15 is 0 Å². The highest BCUT2D eigenvalue weighted by Gasteiger charge is 2.15. The fraction of sp³-hybridized carbons (Fsp3) is 0.562. The Labute approximate surface area is 116 Å². The summed E-state index contributed by atoms with van der Waals surface area (Å²) in [4.78, 5) is 2.40. The molecular weight excluding hydrogens is 234 g/mol. The highest BCUT2D eigenvalue weighted by Crippen LogP contribution is 2.15. The Kier molecular flexibility index (Phi) is 4.95. The fourth-order valence-corrected chi connectivity index (χ4v) is 2.64. The molecule has 19 heavy (non-hydrogen) atoms.